The summed E-state index contributed by atoms with van der Waals surface area (Å²) in [6.45, 7) is 0. The van der Waals surface area contributed by atoms with Gasteiger partial charge in [-0.1, -0.05) is 29.8 Å². The van der Waals surface area contributed by atoms with Gasteiger partial charge in [-0.2, -0.15) is 0 Å². The van der Waals surface area contributed by atoms with Crippen LogP contribution in [-0.4, -0.2) is 23.9 Å². The molecule has 29 heavy (non-hydrogen) atoms. The molecule has 3 aliphatic rings. The van der Waals surface area contributed by atoms with Crippen LogP contribution < -0.4 is 10.6 Å². The summed E-state index contributed by atoms with van der Waals surface area (Å²) in [7, 11) is 0. The number of carbonyl (C=O) groups is 3. The van der Waals surface area contributed by atoms with Gasteiger partial charge in [0.05, 0.1) is 22.5 Å². The summed E-state index contributed by atoms with van der Waals surface area (Å²) >= 11 is 6.09. The fourth-order valence-corrected chi connectivity index (χ4v) is 5.27. The predicted octanol–water partition coefficient (Wildman–Crippen LogP) is 3.73. The number of fused-ring (bicyclic) bond motifs is 1. The molecule has 1 aliphatic heterocycles. The summed E-state index contributed by atoms with van der Waals surface area (Å²) < 4.78 is 5.40. The van der Waals surface area contributed by atoms with Gasteiger partial charge in [-0.3, -0.25) is 14.4 Å². The zero-order valence-corrected chi connectivity index (χ0v) is 16.2. The Hall–Kier alpha value is -2.86. The maximum atomic E-state index is 12.9. The van der Waals surface area contributed by atoms with Gasteiger partial charge in [-0.05, 0) is 49.1 Å². The van der Waals surface area contributed by atoms with E-state index in [9.17, 15) is 14.4 Å². The Morgan fingerprint density at radius 3 is 2.69 bits per heavy atom. The number of para-hydroxylation sites is 1. The summed E-state index contributed by atoms with van der Waals surface area (Å²) in [4.78, 5) is 37.6. The van der Waals surface area contributed by atoms with Crippen LogP contribution in [0.2, 0.25) is 5.02 Å². The van der Waals surface area contributed by atoms with Gasteiger partial charge in [0.1, 0.15) is 6.10 Å². The number of nitrogens with one attached hydrogen (secondary N) is 2. The molecule has 2 bridgehead atoms. The van der Waals surface area contributed by atoms with E-state index >= 15 is 0 Å². The number of esters is 1. The van der Waals surface area contributed by atoms with E-state index in [4.69, 9.17) is 16.3 Å². The third kappa shape index (κ3) is 3.08. The lowest BCUT2D eigenvalue weighted by Crippen LogP contribution is -2.35. The van der Waals surface area contributed by atoms with E-state index in [1.54, 1.807) is 48.5 Å². The molecule has 2 aromatic rings. The number of ether oxygens (including phenoxy) is 1. The first-order valence-electron chi connectivity index (χ1n) is 9.68. The van der Waals surface area contributed by atoms with Gasteiger partial charge in [0, 0.05) is 17.2 Å². The molecule has 6 nitrogen and oxygen atoms in total. The van der Waals surface area contributed by atoms with Gasteiger partial charge in [-0.15, -0.1) is 0 Å². The summed E-state index contributed by atoms with van der Waals surface area (Å²) in [5.41, 5.74) is 1.44. The smallest absolute Gasteiger partial charge is 0.310 e. The molecule has 0 radical (unpaired) electrons. The van der Waals surface area contributed by atoms with Crippen molar-refractivity contribution < 1.29 is 19.1 Å². The Bertz CT molecular complexity index is 1020. The molecule has 2 aromatic carbocycles. The van der Waals surface area contributed by atoms with Crippen molar-refractivity contribution in [1.82, 2.24) is 0 Å². The van der Waals surface area contributed by atoms with Crippen molar-refractivity contribution >= 4 is 40.8 Å². The maximum Gasteiger partial charge on any atom is 0.310 e. The second kappa shape index (κ2) is 6.88. The normalized spacial score (nSPS) is 28.9. The van der Waals surface area contributed by atoms with E-state index in [1.165, 1.54) is 0 Å². The van der Waals surface area contributed by atoms with Crippen LogP contribution in [0.25, 0.3) is 0 Å². The van der Waals surface area contributed by atoms with Gasteiger partial charge < -0.3 is 15.4 Å². The van der Waals surface area contributed by atoms with Crippen LogP contribution in [0.5, 0.6) is 0 Å². The van der Waals surface area contributed by atoms with Crippen LogP contribution in [-0.2, 0) is 14.3 Å². The Morgan fingerprint density at radius 2 is 1.86 bits per heavy atom. The molecule has 2 saturated carbocycles. The molecule has 3 fully saturated rings. The molecule has 2 N–H and O–H groups in total. The minimum atomic E-state index is -0.355. The largest absolute Gasteiger partial charge is 0.462 e. The number of amides is 2. The van der Waals surface area contributed by atoms with Gasteiger partial charge in [0.2, 0.25) is 5.91 Å². The number of carbonyl (C=O) groups excluding carboxylic acids is 3. The second-order valence-electron chi connectivity index (χ2n) is 7.93. The SMILES string of the molecule is O=C(Nc1ccccc1Cl)c1cccc(NC(=O)[C@@H]2[C@H]3C[C@H]4[C@H]2C(=O)O[C@H]4C3)c1. The van der Waals surface area contributed by atoms with Crippen molar-refractivity contribution in [3.8, 4) is 0 Å². The van der Waals surface area contributed by atoms with Crippen LogP contribution in [0.3, 0.4) is 0 Å². The van der Waals surface area contributed by atoms with E-state index < -0.39 is 0 Å². The molecule has 7 heteroatoms. The molecule has 1 heterocycles. The Morgan fingerprint density at radius 1 is 1.03 bits per heavy atom. The van der Waals surface area contributed by atoms with Crippen LogP contribution in [0.4, 0.5) is 11.4 Å². The summed E-state index contributed by atoms with van der Waals surface area (Å²) in [5.74, 6) is -1.06. The number of hydrogen-bond acceptors (Lipinski definition) is 4. The highest BCUT2D eigenvalue weighted by Crippen LogP contribution is 2.57. The number of rotatable bonds is 4. The highest BCUT2D eigenvalue weighted by Gasteiger charge is 2.63. The molecule has 1 saturated heterocycles. The minimum absolute atomic E-state index is 0.00150. The van der Waals surface area contributed by atoms with Crippen molar-refractivity contribution in [2.24, 2.45) is 23.7 Å². The van der Waals surface area contributed by atoms with Crippen molar-refractivity contribution in [3.05, 3.63) is 59.1 Å². The zero-order valence-electron chi connectivity index (χ0n) is 15.4. The lowest BCUT2D eigenvalue weighted by atomic mass is 9.79. The first-order valence-corrected chi connectivity index (χ1v) is 10.1. The van der Waals surface area contributed by atoms with Crippen molar-refractivity contribution in [2.45, 2.75) is 18.9 Å². The number of benzene rings is 2. The predicted molar refractivity (Wildman–Crippen MR) is 108 cm³/mol. The van der Waals surface area contributed by atoms with E-state index in [1.807, 2.05) is 0 Å². The van der Waals surface area contributed by atoms with E-state index in [0.29, 0.717) is 22.0 Å². The molecular weight excluding hydrogens is 392 g/mol. The number of anilines is 2. The van der Waals surface area contributed by atoms with Gasteiger partial charge in [0.15, 0.2) is 0 Å². The third-order valence-corrected chi connectivity index (χ3v) is 6.63. The maximum absolute atomic E-state index is 12.9. The molecular formula is C22H19ClN2O4. The summed E-state index contributed by atoms with van der Waals surface area (Å²) in [6, 6.07) is 13.7. The standard InChI is InChI=1S/C22H19ClN2O4/c23-15-6-1-2-7-16(15)25-20(26)11-4-3-5-13(8-11)24-21(27)18-12-9-14-17(10-12)29-22(28)19(14)18/h1-8,12,14,17-19H,9-10H2,(H,24,27)(H,25,26)/t12-,14+,17-,18+,19+/m0/s1. The molecule has 0 unspecified atom stereocenters. The average molecular weight is 411 g/mol. The average Bonchev–Trinajstić information content (AvgIpc) is 3.32. The van der Waals surface area contributed by atoms with Crippen LogP contribution in [0.15, 0.2) is 48.5 Å². The first kappa shape index (κ1) is 18.2. The molecule has 5 rings (SSSR count). The Labute approximate surface area is 172 Å². The second-order valence-corrected chi connectivity index (χ2v) is 8.33. The van der Waals surface area contributed by atoms with Crippen LogP contribution in [0, 0.1) is 23.7 Å². The topological polar surface area (TPSA) is 84.5 Å². The summed E-state index contributed by atoms with van der Waals surface area (Å²) in [5, 5.41) is 6.10. The minimum Gasteiger partial charge on any atom is -0.462 e. The molecule has 148 valence electrons. The molecule has 5 atom stereocenters. The van der Waals surface area contributed by atoms with Gasteiger partial charge >= 0.3 is 5.97 Å². The Kier molecular flexibility index (Phi) is 4.32. The van der Waals surface area contributed by atoms with E-state index in [2.05, 4.69) is 10.6 Å². The fraction of sp³-hybridized carbons (Fsp3) is 0.318. The number of halogens is 1. The lowest BCUT2D eigenvalue weighted by molar-refractivity contribution is -0.145. The van der Waals surface area contributed by atoms with Crippen molar-refractivity contribution in [1.29, 1.82) is 0 Å². The molecule has 2 aliphatic carbocycles. The quantitative estimate of drug-likeness (QED) is 0.752. The molecule has 2 amide bonds. The highest BCUT2D eigenvalue weighted by atomic mass is 35.5. The van der Waals surface area contributed by atoms with E-state index in [0.717, 1.165) is 12.8 Å². The molecule has 0 spiro atoms. The molecule has 0 aromatic heterocycles. The van der Waals surface area contributed by atoms with E-state index in [-0.39, 0.29) is 47.6 Å². The Balaban J connectivity index is 1.30. The van der Waals surface area contributed by atoms with Gasteiger partial charge in [0.25, 0.3) is 5.91 Å². The summed E-state index contributed by atoms with van der Waals surface area (Å²) in [6.07, 6.45) is 1.64. The highest BCUT2D eigenvalue weighted by molar-refractivity contribution is 6.33. The van der Waals surface area contributed by atoms with Crippen molar-refractivity contribution in [2.75, 3.05) is 10.6 Å². The number of hydrogen-bond donors (Lipinski definition) is 2. The zero-order chi connectivity index (χ0) is 20.1. The van der Waals surface area contributed by atoms with Crippen molar-refractivity contribution in [3.63, 3.8) is 0 Å². The van der Waals surface area contributed by atoms with Gasteiger partial charge in [-0.25, -0.2) is 0 Å². The lowest BCUT2D eigenvalue weighted by Gasteiger charge is -2.23. The monoisotopic (exact) mass is 410 g/mol. The first-order chi connectivity index (χ1) is 14.0. The van der Waals surface area contributed by atoms with Crippen LogP contribution in [0.1, 0.15) is 23.2 Å². The fourth-order valence-electron chi connectivity index (χ4n) is 5.08. The third-order valence-electron chi connectivity index (χ3n) is 6.30. The van der Waals surface area contributed by atoms with Crippen LogP contribution >= 0.6 is 11.6 Å².